The van der Waals surface area contributed by atoms with Gasteiger partial charge in [-0.25, -0.2) is 4.98 Å². The van der Waals surface area contributed by atoms with E-state index in [0.717, 1.165) is 17.5 Å². The fourth-order valence-corrected chi connectivity index (χ4v) is 3.16. The van der Waals surface area contributed by atoms with Crippen LogP contribution >= 0.6 is 0 Å². The van der Waals surface area contributed by atoms with Gasteiger partial charge in [0.15, 0.2) is 5.65 Å². The number of fused-ring (bicyclic) bond motifs is 1. The van der Waals surface area contributed by atoms with Gasteiger partial charge in [-0.05, 0) is 30.7 Å². The van der Waals surface area contributed by atoms with E-state index >= 15 is 0 Å². The molecule has 0 unspecified atom stereocenters. The first-order valence-corrected chi connectivity index (χ1v) is 8.62. The van der Waals surface area contributed by atoms with Crippen molar-refractivity contribution in [2.45, 2.75) is 12.6 Å². The highest BCUT2D eigenvalue weighted by atomic mass is 19.4. The van der Waals surface area contributed by atoms with Crippen molar-refractivity contribution in [3.63, 3.8) is 0 Å². The number of pyridine rings is 1. The predicted molar refractivity (Wildman–Crippen MR) is 93.8 cm³/mol. The lowest BCUT2D eigenvalue weighted by atomic mass is 10.3. The maximum atomic E-state index is 13.1. The summed E-state index contributed by atoms with van der Waals surface area (Å²) in [6.45, 7) is 2.52. The van der Waals surface area contributed by atoms with Crippen molar-refractivity contribution < 1.29 is 13.2 Å². The molecule has 144 valence electrons. The van der Waals surface area contributed by atoms with E-state index in [1.165, 1.54) is 6.07 Å². The molecule has 1 fully saturated rings. The van der Waals surface area contributed by atoms with Gasteiger partial charge in [-0.1, -0.05) is 6.07 Å². The van der Waals surface area contributed by atoms with Crippen molar-refractivity contribution in [2.75, 3.05) is 36.0 Å². The summed E-state index contributed by atoms with van der Waals surface area (Å²) in [4.78, 5) is 8.29. The highest BCUT2D eigenvalue weighted by molar-refractivity contribution is 5.47. The molecule has 0 spiro atoms. The van der Waals surface area contributed by atoms with Crippen molar-refractivity contribution in [3.8, 4) is 6.07 Å². The van der Waals surface area contributed by atoms with Gasteiger partial charge in [-0.3, -0.25) is 0 Å². The summed E-state index contributed by atoms with van der Waals surface area (Å²) in [5, 5.41) is 19.9. The molecular formula is C17H15F3N8. The monoisotopic (exact) mass is 388 g/mol. The van der Waals surface area contributed by atoms with Gasteiger partial charge < -0.3 is 9.80 Å². The van der Waals surface area contributed by atoms with E-state index in [4.69, 9.17) is 5.26 Å². The second kappa shape index (κ2) is 6.95. The summed E-state index contributed by atoms with van der Waals surface area (Å²) < 4.78 is 40.0. The predicted octanol–water partition coefficient (Wildman–Crippen LogP) is 2.13. The van der Waals surface area contributed by atoms with Gasteiger partial charge in [0.2, 0.25) is 0 Å². The van der Waals surface area contributed by atoms with Crippen LogP contribution in [0.4, 0.5) is 24.8 Å². The van der Waals surface area contributed by atoms with Crippen LogP contribution in [-0.4, -0.2) is 51.0 Å². The largest absolute Gasteiger partial charge is 0.453 e. The second-order valence-electron chi connectivity index (χ2n) is 6.30. The highest BCUT2D eigenvalue weighted by Crippen LogP contribution is 2.28. The van der Waals surface area contributed by atoms with E-state index < -0.39 is 12.0 Å². The first-order chi connectivity index (χ1) is 13.5. The van der Waals surface area contributed by atoms with Crippen LogP contribution in [-0.2, 0) is 6.18 Å². The number of hydrogen-bond acceptors (Lipinski definition) is 7. The maximum Gasteiger partial charge on any atom is 0.453 e. The van der Waals surface area contributed by atoms with E-state index in [2.05, 4.69) is 25.2 Å². The molecule has 0 saturated carbocycles. The van der Waals surface area contributed by atoms with Crippen molar-refractivity contribution in [3.05, 3.63) is 41.9 Å². The van der Waals surface area contributed by atoms with E-state index in [0.29, 0.717) is 37.0 Å². The quantitative estimate of drug-likeness (QED) is 0.665. The Labute approximate surface area is 157 Å². The molecule has 0 aliphatic carbocycles. The Balaban J connectivity index is 1.56. The van der Waals surface area contributed by atoms with Crippen molar-refractivity contribution >= 4 is 17.3 Å². The number of hydrogen-bond donors (Lipinski definition) is 0. The van der Waals surface area contributed by atoms with Gasteiger partial charge in [-0.15, -0.1) is 15.3 Å². The van der Waals surface area contributed by atoms with Crippen LogP contribution in [0.1, 0.15) is 17.9 Å². The SMILES string of the molecule is N#Cc1cccc(N2CCCN(c3ccc4nnc(C(F)(F)F)n4n3)CC2)n1. The molecule has 11 heteroatoms. The fraction of sp³-hybridized carbons (Fsp3) is 0.353. The summed E-state index contributed by atoms with van der Waals surface area (Å²) in [6.07, 6.45) is -3.86. The Kier molecular flexibility index (Phi) is 4.46. The molecule has 0 amide bonds. The summed E-state index contributed by atoms with van der Waals surface area (Å²) in [7, 11) is 0. The van der Waals surface area contributed by atoms with Crippen molar-refractivity contribution in [2.24, 2.45) is 0 Å². The molecule has 0 radical (unpaired) electrons. The van der Waals surface area contributed by atoms with E-state index in [1.54, 1.807) is 18.2 Å². The summed E-state index contributed by atoms with van der Waals surface area (Å²) >= 11 is 0. The Morgan fingerprint density at radius 1 is 0.929 bits per heavy atom. The molecule has 1 aliphatic rings. The van der Waals surface area contributed by atoms with Crippen LogP contribution in [0.3, 0.4) is 0 Å². The molecule has 1 saturated heterocycles. The molecule has 3 aromatic heterocycles. The third-order valence-electron chi connectivity index (χ3n) is 4.50. The molecule has 0 aromatic carbocycles. The number of aromatic nitrogens is 5. The Hall–Kier alpha value is -3.42. The van der Waals surface area contributed by atoms with Crippen LogP contribution in [0.25, 0.3) is 5.65 Å². The molecular weight excluding hydrogens is 373 g/mol. The lowest BCUT2D eigenvalue weighted by Gasteiger charge is -2.23. The van der Waals surface area contributed by atoms with Crippen LogP contribution in [0.2, 0.25) is 0 Å². The lowest BCUT2D eigenvalue weighted by molar-refractivity contribution is -0.146. The first kappa shape index (κ1) is 18.0. The number of anilines is 2. The number of nitrogens with zero attached hydrogens (tertiary/aromatic N) is 8. The average molecular weight is 388 g/mol. The summed E-state index contributed by atoms with van der Waals surface area (Å²) in [5.41, 5.74) is 0.392. The Bertz CT molecular complexity index is 1040. The Morgan fingerprint density at radius 2 is 1.68 bits per heavy atom. The van der Waals surface area contributed by atoms with Crippen molar-refractivity contribution in [1.29, 1.82) is 5.26 Å². The number of alkyl halides is 3. The molecule has 8 nitrogen and oxygen atoms in total. The number of halogens is 3. The summed E-state index contributed by atoms with van der Waals surface area (Å²) in [5.74, 6) is -0.000759. The minimum atomic E-state index is -4.63. The van der Waals surface area contributed by atoms with Crippen LogP contribution < -0.4 is 9.80 Å². The molecule has 0 atom stereocenters. The van der Waals surface area contributed by atoms with E-state index in [-0.39, 0.29) is 5.65 Å². The topological polar surface area (TPSA) is 86.2 Å². The summed E-state index contributed by atoms with van der Waals surface area (Å²) in [6, 6.07) is 10.4. The molecule has 1 aliphatic heterocycles. The zero-order valence-corrected chi connectivity index (χ0v) is 14.6. The van der Waals surface area contributed by atoms with Gasteiger partial charge >= 0.3 is 6.18 Å². The van der Waals surface area contributed by atoms with Gasteiger partial charge in [0.05, 0.1) is 0 Å². The minimum absolute atomic E-state index is 0.0463. The molecule has 0 N–H and O–H groups in total. The smallest absolute Gasteiger partial charge is 0.355 e. The third-order valence-corrected chi connectivity index (χ3v) is 4.50. The van der Waals surface area contributed by atoms with Crippen LogP contribution in [0, 0.1) is 11.3 Å². The maximum absolute atomic E-state index is 13.1. The lowest BCUT2D eigenvalue weighted by Crippen LogP contribution is -2.32. The highest BCUT2D eigenvalue weighted by Gasteiger charge is 2.37. The standard InChI is InChI=1S/C17H15F3N8/c18-17(19,20)16-24-23-14-5-6-15(25-28(14)16)27-8-2-7-26(9-10-27)13-4-1-3-12(11-21)22-13/h1,3-6H,2,7-10H2. The normalized spacial score (nSPS) is 15.5. The molecule has 4 rings (SSSR count). The average Bonchev–Trinajstić information content (AvgIpc) is 2.97. The molecule has 4 heterocycles. The zero-order chi connectivity index (χ0) is 19.7. The second-order valence-corrected chi connectivity index (χ2v) is 6.30. The van der Waals surface area contributed by atoms with Gasteiger partial charge in [0.1, 0.15) is 23.4 Å². The fourth-order valence-electron chi connectivity index (χ4n) is 3.16. The van der Waals surface area contributed by atoms with Gasteiger partial charge in [0, 0.05) is 26.2 Å². The Morgan fingerprint density at radius 3 is 2.39 bits per heavy atom. The van der Waals surface area contributed by atoms with Crippen LogP contribution in [0.5, 0.6) is 0 Å². The van der Waals surface area contributed by atoms with E-state index in [9.17, 15) is 13.2 Å². The van der Waals surface area contributed by atoms with Gasteiger partial charge in [0.25, 0.3) is 5.82 Å². The van der Waals surface area contributed by atoms with Gasteiger partial charge in [-0.2, -0.15) is 22.9 Å². The molecule has 0 bridgehead atoms. The third kappa shape index (κ3) is 3.40. The first-order valence-electron chi connectivity index (χ1n) is 8.62. The van der Waals surface area contributed by atoms with E-state index in [1.807, 2.05) is 17.0 Å². The molecule has 3 aromatic rings. The molecule has 28 heavy (non-hydrogen) atoms. The number of nitriles is 1. The zero-order valence-electron chi connectivity index (χ0n) is 14.6. The number of rotatable bonds is 2. The van der Waals surface area contributed by atoms with Crippen molar-refractivity contribution in [1.82, 2.24) is 24.8 Å². The van der Waals surface area contributed by atoms with Crippen LogP contribution in [0.15, 0.2) is 30.3 Å². The minimum Gasteiger partial charge on any atom is -0.355 e.